The highest BCUT2D eigenvalue weighted by molar-refractivity contribution is 7.92. The summed E-state index contributed by atoms with van der Waals surface area (Å²) < 4.78 is 41.6. The Balaban J connectivity index is 0.00000261. The highest BCUT2D eigenvalue weighted by atomic mass is 32.2. The molecule has 1 aromatic rings. The summed E-state index contributed by atoms with van der Waals surface area (Å²) in [5.74, 6) is -0.930. The highest BCUT2D eigenvalue weighted by Crippen LogP contribution is 2.41. The predicted octanol–water partition coefficient (Wildman–Crippen LogP) is 2.81. The fourth-order valence-corrected chi connectivity index (χ4v) is 5.02. The average Bonchev–Trinajstić information content (AvgIpc) is 2.80. The SMILES string of the molecule is CC(C)CCCC1CCc2cc(O)c(N3CC(=O)NS3(=O)=O)c(F)c2C1.N. The van der Waals surface area contributed by atoms with Crippen LogP contribution in [-0.4, -0.2) is 26.0 Å². The summed E-state index contributed by atoms with van der Waals surface area (Å²) in [6.07, 6.45) is 5.36. The fraction of sp³-hybridized carbons (Fsp3) is 0.611. The Kier molecular flexibility index (Phi) is 6.36. The van der Waals surface area contributed by atoms with Crippen molar-refractivity contribution >= 4 is 21.8 Å². The lowest BCUT2D eigenvalue weighted by atomic mass is 9.80. The zero-order valence-electron chi connectivity index (χ0n) is 15.8. The van der Waals surface area contributed by atoms with Crippen LogP contribution in [0, 0.1) is 17.7 Å². The average molecular weight is 402 g/mol. The van der Waals surface area contributed by atoms with Crippen molar-refractivity contribution < 1.29 is 22.7 Å². The first kappa shape index (κ1) is 21.4. The molecule has 0 aromatic heterocycles. The smallest absolute Gasteiger partial charge is 0.326 e. The van der Waals surface area contributed by atoms with Crippen LogP contribution in [0.1, 0.15) is 50.7 Å². The van der Waals surface area contributed by atoms with Gasteiger partial charge in [0.25, 0.3) is 5.91 Å². The zero-order valence-corrected chi connectivity index (χ0v) is 16.6. The lowest BCUT2D eigenvalue weighted by Crippen LogP contribution is -2.31. The third-order valence-electron chi connectivity index (χ3n) is 5.19. The number of benzene rings is 1. The molecule has 0 radical (unpaired) electrons. The number of hydrogen-bond donors (Lipinski definition) is 3. The molecule has 7 nitrogen and oxygen atoms in total. The van der Waals surface area contributed by atoms with E-state index in [1.54, 1.807) is 4.72 Å². The number of rotatable bonds is 5. The number of phenolic OH excluding ortho intramolecular Hbond substituents is 1. The van der Waals surface area contributed by atoms with Crippen molar-refractivity contribution in [2.45, 2.75) is 52.4 Å². The van der Waals surface area contributed by atoms with Crippen LogP contribution in [0.5, 0.6) is 5.75 Å². The maximum atomic E-state index is 15.2. The number of fused-ring (bicyclic) bond motifs is 1. The van der Waals surface area contributed by atoms with Gasteiger partial charge in [-0.15, -0.1) is 0 Å². The molecule has 1 unspecified atom stereocenters. The van der Waals surface area contributed by atoms with Crippen molar-refractivity contribution in [3.63, 3.8) is 0 Å². The number of carbonyl (C=O) groups excluding carboxylic acids is 1. The van der Waals surface area contributed by atoms with Crippen LogP contribution in [0.2, 0.25) is 0 Å². The Hall–Kier alpha value is -1.87. The van der Waals surface area contributed by atoms with E-state index < -0.39 is 39.9 Å². The van der Waals surface area contributed by atoms with E-state index in [0.29, 0.717) is 34.5 Å². The van der Waals surface area contributed by atoms with Gasteiger partial charge in [0.05, 0.1) is 0 Å². The second kappa shape index (κ2) is 8.02. The van der Waals surface area contributed by atoms with E-state index in [4.69, 9.17) is 0 Å². The molecule has 5 N–H and O–H groups in total. The van der Waals surface area contributed by atoms with Gasteiger partial charge in [0.2, 0.25) is 0 Å². The van der Waals surface area contributed by atoms with Gasteiger partial charge in [-0.2, -0.15) is 8.42 Å². The van der Waals surface area contributed by atoms with Crippen molar-refractivity contribution in [1.82, 2.24) is 10.9 Å². The molecule has 1 heterocycles. The molecular weight excluding hydrogens is 373 g/mol. The number of hydrogen-bond acceptors (Lipinski definition) is 5. The molecule has 9 heteroatoms. The molecule has 27 heavy (non-hydrogen) atoms. The van der Waals surface area contributed by atoms with Crippen molar-refractivity contribution in [3.05, 3.63) is 23.0 Å². The Labute approximate surface area is 159 Å². The van der Waals surface area contributed by atoms with Crippen LogP contribution in [0.15, 0.2) is 6.07 Å². The molecule has 1 atom stereocenters. The van der Waals surface area contributed by atoms with Gasteiger partial charge in [-0.3, -0.25) is 4.79 Å². The van der Waals surface area contributed by atoms with Crippen LogP contribution in [0.4, 0.5) is 10.1 Å². The number of anilines is 1. The predicted molar refractivity (Wildman–Crippen MR) is 102 cm³/mol. The lowest BCUT2D eigenvalue weighted by molar-refractivity contribution is -0.117. The van der Waals surface area contributed by atoms with E-state index in [9.17, 15) is 18.3 Å². The number of nitrogens with zero attached hydrogens (tertiary/aromatic N) is 1. The molecule has 2 aliphatic rings. The number of phenols is 1. The van der Waals surface area contributed by atoms with Crippen LogP contribution in [-0.2, 0) is 27.8 Å². The fourth-order valence-electron chi connectivity index (χ4n) is 3.86. The third kappa shape index (κ3) is 4.35. The second-order valence-corrected chi connectivity index (χ2v) is 9.26. The molecule has 0 bridgehead atoms. The number of aromatic hydroxyl groups is 1. The standard InChI is InChI=1S/C18H25FN2O4S.H3N/c1-11(2)4-3-5-12-6-7-13-9-15(22)18(17(19)14(13)8-12)21-10-16(23)20-26(21,24)25;/h9,11-12,22H,3-8,10H2,1-2H3,(H,20,23);1H3. The van der Waals surface area contributed by atoms with Gasteiger partial charge in [0.15, 0.2) is 5.82 Å². The lowest BCUT2D eigenvalue weighted by Gasteiger charge is -2.28. The van der Waals surface area contributed by atoms with Crippen molar-refractivity contribution in [1.29, 1.82) is 0 Å². The van der Waals surface area contributed by atoms with Crippen molar-refractivity contribution in [3.8, 4) is 5.75 Å². The van der Waals surface area contributed by atoms with Gasteiger partial charge in [-0.05, 0) is 48.3 Å². The number of carbonyl (C=O) groups is 1. The van der Waals surface area contributed by atoms with Crippen LogP contribution >= 0.6 is 0 Å². The maximum Gasteiger partial charge on any atom is 0.326 e. The molecule has 1 aromatic carbocycles. The molecule has 1 aliphatic carbocycles. The quantitative estimate of drug-likeness (QED) is 0.700. The van der Waals surface area contributed by atoms with Gasteiger partial charge >= 0.3 is 10.2 Å². The van der Waals surface area contributed by atoms with E-state index >= 15 is 4.39 Å². The second-order valence-electron chi connectivity index (χ2n) is 7.67. The molecule has 1 aliphatic heterocycles. The van der Waals surface area contributed by atoms with Gasteiger partial charge in [-0.1, -0.05) is 33.1 Å². The molecule has 3 rings (SSSR count). The van der Waals surface area contributed by atoms with Crippen molar-refractivity contribution in [2.24, 2.45) is 11.8 Å². The summed E-state index contributed by atoms with van der Waals surface area (Å²) in [6, 6.07) is 1.44. The molecule has 152 valence electrons. The van der Waals surface area contributed by atoms with E-state index in [2.05, 4.69) is 13.8 Å². The van der Waals surface area contributed by atoms with Crippen molar-refractivity contribution in [2.75, 3.05) is 10.8 Å². The van der Waals surface area contributed by atoms with E-state index in [1.165, 1.54) is 6.07 Å². The Morgan fingerprint density at radius 1 is 1.41 bits per heavy atom. The van der Waals surface area contributed by atoms with Gasteiger partial charge < -0.3 is 11.3 Å². The van der Waals surface area contributed by atoms with Crippen LogP contribution < -0.4 is 15.2 Å². The number of aryl methyl sites for hydroxylation is 1. The number of nitrogens with one attached hydrogen (secondary N) is 1. The largest absolute Gasteiger partial charge is 0.506 e. The summed E-state index contributed by atoms with van der Waals surface area (Å²) in [6.45, 7) is 3.83. The van der Waals surface area contributed by atoms with E-state index in [-0.39, 0.29) is 6.15 Å². The van der Waals surface area contributed by atoms with Gasteiger partial charge in [0.1, 0.15) is 18.0 Å². The Bertz CT molecular complexity index is 826. The van der Waals surface area contributed by atoms with Gasteiger partial charge in [-0.25, -0.2) is 13.4 Å². The Morgan fingerprint density at radius 2 is 2.11 bits per heavy atom. The monoisotopic (exact) mass is 401 g/mol. The van der Waals surface area contributed by atoms with Crippen LogP contribution in [0.25, 0.3) is 0 Å². The Morgan fingerprint density at radius 3 is 2.70 bits per heavy atom. The molecule has 0 saturated carbocycles. The molecule has 1 saturated heterocycles. The summed E-state index contributed by atoms with van der Waals surface area (Å²) in [4.78, 5) is 11.4. The van der Waals surface area contributed by atoms with E-state index in [0.717, 1.165) is 31.2 Å². The minimum absolute atomic E-state index is 0. The summed E-state index contributed by atoms with van der Waals surface area (Å²) >= 11 is 0. The minimum Gasteiger partial charge on any atom is -0.506 e. The number of amides is 1. The summed E-state index contributed by atoms with van der Waals surface area (Å²) in [7, 11) is -4.16. The number of halogens is 1. The first-order valence-corrected chi connectivity index (χ1v) is 10.5. The van der Waals surface area contributed by atoms with E-state index in [1.807, 2.05) is 0 Å². The molecule has 1 fully saturated rings. The molecule has 1 amide bonds. The first-order chi connectivity index (χ1) is 12.2. The molecular formula is C18H28FN3O4S. The van der Waals surface area contributed by atoms with Gasteiger partial charge in [0, 0.05) is 0 Å². The topological polar surface area (TPSA) is 122 Å². The minimum atomic E-state index is -4.16. The highest BCUT2D eigenvalue weighted by Gasteiger charge is 2.39. The third-order valence-corrected chi connectivity index (χ3v) is 6.57. The molecule has 0 spiro atoms. The first-order valence-electron chi connectivity index (χ1n) is 9.05. The maximum absolute atomic E-state index is 15.2. The summed E-state index contributed by atoms with van der Waals surface area (Å²) in [5.41, 5.74) is 0.762. The van der Waals surface area contributed by atoms with Crippen LogP contribution in [0.3, 0.4) is 0 Å². The summed E-state index contributed by atoms with van der Waals surface area (Å²) in [5, 5.41) is 10.2. The zero-order chi connectivity index (χ0) is 19.1. The normalized spacial score (nSPS) is 21.0.